The molecule has 0 aliphatic rings. The molecule has 0 unspecified atom stereocenters. The fourth-order valence-electron chi connectivity index (χ4n) is 0.771. The van der Waals surface area contributed by atoms with Crippen LogP contribution in [0.25, 0.3) is 0 Å². The molecule has 0 saturated heterocycles. The lowest BCUT2D eigenvalue weighted by Crippen LogP contribution is -2.13. The summed E-state index contributed by atoms with van der Waals surface area (Å²) in [6.45, 7) is 0. The van der Waals surface area contributed by atoms with Crippen LogP contribution < -0.4 is 10.6 Å². The molecule has 0 bridgehead atoms. The summed E-state index contributed by atoms with van der Waals surface area (Å²) in [5.41, 5.74) is 6.16. The van der Waals surface area contributed by atoms with Crippen molar-refractivity contribution in [1.82, 2.24) is 9.97 Å². The molecule has 0 aliphatic carbocycles. The van der Waals surface area contributed by atoms with Gasteiger partial charge < -0.3 is 15.6 Å². The summed E-state index contributed by atoms with van der Waals surface area (Å²) in [5, 5.41) is 0. The summed E-state index contributed by atoms with van der Waals surface area (Å²) in [5.74, 6) is 0.796. The third-order valence-corrected chi connectivity index (χ3v) is 1.64. The van der Waals surface area contributed by atoms with E-state index in [0.717, 1.165) is 5.82 Å². The van der Waals surface area contributed by atoms with Gasteiger partial charge >= 0.3 is 0 Å². The number of nitrogens with one attached hydrogen (secondary N) is 1. The van der Waals surface area contributed by atoms with E-state index in [9.17, 15) is 0 Å². The van der Waals surface area contributed by atoms with Crippen LogP contribution >= 0.6 is 12.2 Å². The van der Waals surface area contributed by atoms with Crippen LogP contribution in [-0.4, -0.2) is 24.1 Å². The maximum absolute atomic E-state index is 5.64. The van der Waals surface area contributed by atoms with Gasteiger partial charge in [0.15, 0.2) is 4.64 Å². The Kier molecular flexibility index (Phi) is 2.09. The predicted molar refractivity (Wildman–Crippen MR) is 48.2 cm³/mol. The van der Waals surface area contributed by atoms with Crippen molar-refractivity contribution in [2.45, 2.75) is 0 Å². The average molecular weight is 170 g/mol. The minimum Gasteiger partial charge on any atom is -0.393 e. The predicted octanol–water partition coefficient (Wildman–Crippen LogP) is 0.787. The van der Waals surface area contributed by atoms with Crippen molar-refractivity contribution >= 4 is 23.7 Å². The van der Waals surface area contributed by atoms with E-state index in [2.05, 4.69) is 9.97 Å². The second-order valence-electron chi connectivity index (χ2n) is 2.36. The van der Waals surface area contributed by atoms with Crippen molar-refractivity contribution in [3.05, 3.63) is 11.0 Å². The van der Waals surface area contributed by atoms with Gasteiger partial charge in [0.1, 0.15) is 11.5 Å². The van der Waals surface area contributed by atoms with Crippen LogP contribution in [-0.2, 0) is 0 Å². The normalized spacial score (nSPS) is 9.64. The number of nitrogen functional groups attached to an aromatic ring is 1. The highest BCUT2D eigenvalue weighted by atomic mass is 32.1. The summed E-state index contributed by atoms with van der Waals surface area (Å²) in [7, 11) is 3.77. The van der Waals surface area contributed by atoms with Crippen LogP contribution in [0.15, 0.2) is 6.33 Å². The summed E-state index contributed by atoms with van der Waals surface area (Å²) in [6.07, 6.45) is 1.54. The van der Waals surface area contributed by atoms with Crippen molar-refractivity contribution in [3.63, 3.8) is 0 Å². The van der Waals surface area contributed by atoms with E-state index in [1.807, 2.05) is 19.0 Å². The molecule has 1 heterocycles. The molecule has 1 aromatic heterocycles. The Morgan fingerprint density at radius 2 is 2.27 bits per heavy atom. The molecule has 4 nitrogen and oxygen atoms in total. The lowest BCUT2D eigenvalue weighted by Gasteiger charge is -2.13. The van der Waals surface area contributed by atoms with Crippen LogP contribution in [0.1, 0.15) is 0 Å². The van der Waals surface area contributed by atoms with E-state index < -0.39 is 0 Å². The number of nitrogens with two attached hydrogens (primary N) is 1. The summed E-state index contributed by atoms with van der Waals surface area (Å²) in [6, 6.07) is 0. The molecule has 3 N–H and O–H groups in total. The van der Waals surface area contributed by atoms with Gasteiger partial charge in [0.2, 0.25) is 0 Å². The molecular weight excluding hydrogens is 160 g/mol. The monoisotopic (exact) mass is 170 g/mol. The Balaban J connectivity index is 3.28. The molecule has 0 amide bonds. The first-order chi connectivity index (χ1) is 5.13. The fraction of sp³-hybridized carbons (Fsp3) is 0.333. The molecule has 0 aromatic carbocycles. The second kappa shape index (κ2) is 2.87. The zero-order chi connectivity index (χ0) is 8.43. The molecule has 0 spiro atoms. The molecule has 11 heavy (non-hydrogen) atoms. The van der Waals surface area contributed by atoms with E-state index in [1.54, 1.807) is 0 Å². The minimum absolute atomic E-state index is 0.437. The number of aromatic nitrogens is 2. The van der Waals surface area contributed by atoms with Crippen molar-refractivity contribution < 1.29 is 0 Å². The molecular formula is C6H10N4S. The van der Waals surface area contributed by atoms with Gasteiger partial charge in [0, 0.05) is 14.1 Å². The van der Waals surface area contributed by atoms with E-state index in [0.29, 0.717) is 10.3 Å². The van der Waals surface area contributed by atoms with Crippen molar-refractivity contribution in [1.29, 1.82) is 0 Å². The summed E-state index contributed by atoms with van der Waals surface area (Å²) < 4.78 is 0.437. The Labute approximate surface area is 70.1 Å². The number of nitrogens with zero attached hydrogens (tertiary/aromatic N) is 2. The standard InChI is InChI=1S/C6H10N4S/c1-10(2)5-4(7)6(11)9-3-8-5/h3H,7H2,1-2H3,(H,8,9,11). The van der Waals surface area contributed by atoms with Crippen LogP contribution in [0.4, 0.5) is 11.5 Å². The number of rotatable bonds is 1. The topological polar surface area (TPSA) is 57.9 Å². The van der Waals surface area contributed by atoms with Crippen molar-refractivity contribution in [3.8, 4) is 0 Å². The van der Waals surface area contributed by atoms with Gasteiger partial charge in [-0.25, -0.2) is 4.98 Å². The van der Waals surface area contributed by atoms with Gasteiger partial charge in [-0.05, 0) is 0 Å². The third-order valence-electron chi connectivity index (χ3n) is 1.32. The zero-order valence-electron chi connectivity index (χ0n) is 6.46. The van der Waals surface area contributed by atoms with Gasteiger partial charge in [-0.2, -0.15) is 0 Å². The first kappa shape index (κ1) is 8.00. The molecule has 60 valence electrons. The first-order valence-electron chi connectivity index (χ1n) is 3.13. The molecule has 1 aromatic rings. The smallest absolute Gasteiger partial charge is 0.154 e. The quantitative estimate of drug-likeness (QED) is 0.612. The summed E-state index contributed by atoms with van der Waals surface area (Å²) >= 11 is 4.88. The Morgan fingerprint density at radius 1 is 1.64 bits per heavy atom. The molecule has 0 radical (unpaired) electrons. The van der Waals surface area contributed by atoms with E-state index >= 15 is 0 Å². The maximum atomic E-state index is 5.64. The molecule has 0 saturated carbocycles. The molecule has 1 rings (SSSR count). The van der Waals surface area contributed by atoms with Crippen molar-refractivity contribution in [2.75, 3.05) is 24.7 Å². The summed E-state index contributed by atoms with van der Waals surface area (Å²) in [4.78, 5) is 8.58. The minimum atomic E-state index is 0.437. The Hall–Kier alpha value is -1.10. The SMILES string of the molecule is CN(C)c1[nH]cnc(=S)c1N. The van der Waals surface area contributed by atoms with Gasteiger partial charge in [0.25, 0.3) is 0 Å². The molecule has 0 aliphatic heterocycles. The second-order valence-corrected chi connectivity index (χ2v) is 2.75. The molecule has 5 heteroatoms. The van der Waals surface area contributed by atoms with Gasteiger partial charge in [-0.3, -0.25) is 0 Å². The highest BCUT2D eigenvalue weighted by Crippen LogP contribution is 2.15. The van der Waals surface area contributed by atoms with E-state index in [-0.39, 0.29) is 0 Å². The lowest BCUT2D eigenvalue weighted by molar-refractivity contribution is 1.04. The third kappa shape index (κ3) is 1.48. The van der Waals surface area contributed by atoms with Crippen molar-refractivity contribution in [2.24, 2.45) is 0 Å². The van der Waals surface area contributed by atoms with E-state index in [1.165, 1.54) is 6.33 Å². The Morgan fingerprint density at radius 3 is 2.73 bits per heavy atom. The van der Waals surface area contributed by atoms with Crippen LogP contribution in [0, 0.1) is 4.64 Å². The number of anilines is 2. The van der Waals surface area contributed by atoms with E-state index in [4.69, 9.17) is 18.0 Å². The first-order valence-corrected chi connectivity index (χ1v) is 3.54. The zero-order valence-corrected chi connectivity index (χ0v) is 7.27. The number of hydrogen-bond donors (Lipinski definition) is 2. The lowest BCUT2D eigenvalue weighted by atomic mass is 10.5. The number of hydrogen-bond acceptors (Lipinski definition) is 4. The molecule has 0 fully saturated rings. The van der Waals surface area contributed by atoms with Crippen LogP contribution in [0.3, 0.4) is 0 Å². The number of aromatic amines is 1. The highest BCUT2D eigenvalue weighted by molar-refractivity contribution is 7.71. The fourth-order valence-corrected chi connectivity index (χ4v) is 0.920. The number of H-pyrrole nitrogens is 1. The maximum Gasteiger partial charge on any atom is 0.154 e. The molecule has 0 atom stereocenters. The largest absolute Gasteiger partial charge is 0.393 e. The Bertz CT molecular complexity index is 304. The van der Waals surface area contributed by atoms with Crippen LogP contribution in [0.5, 0.6) is 0 Å². The van der Waals surface area contributed by atoms with Gasteiger partial charge in [-0.1, -0.05) is 12.2 Å². The van der Waals surface area contributed by atoms with Gasteiger partial charge in [0.05, 0.1) is 6.33 Å². The van der Waals surface area contributed by atoms with Gasteiger partial charge in [-0.15, -0.1) is 0 Å². The highest BCUT2D eigenvalue weighted by Gasteiger charge is 2.01. The average Bonchev–Trinajstić information content (AvgIpc) is 1.94. The van der Waals surface area contributed by atoms with Crippen LogP contribution in [0.2, 0.25) is 0 Å².